The van der Waals surface area contributed by atoms with E-state index in [0.717, 1.165) is 19.5 Å². The minimum atomic E-state index is -0.157. The summed E-state index contributed by atoms with van der Waals surface area (Å²) in [5, 5.41) is 13.0. The molecule has 114 valence electrons. The molecule has 4 nitrogen and oxygen atoms in total. The summed E-state index contributed by atoms with van der Waals surface area (Å²) in [6.45, 7) is 12.4. The third-order valence-corrected chi connectivity index (χ3v) is 4.42. The van der Waals surface area contributed by atoms with Crippen molar-refractivity contribution in [1.82, 2.24) is 15.1 Å². The third-order valence-electron chi connectivity index (χ3n) is 4.42. The topological polar surface area (TPSA) is 38.7 Å². The molecule has 2 unspecified atom stereocenters. The van der Waals surface area contributed by atoms with Gasteiger partial charge in [-0.05, 0) is 59.8 Å². The van der Waals surface area contributed by atoms with Gasteiger partial charge in [0.05, 0.1) is 6.61 Å². The minimum absolute atomic E-state index is 0.157. The summed E-state index contributed by atoms with van der Waals surface area (Å²) in [5.74, 6) is 0. The second-order valence-electron chi connectivity index (χ2n) is 6.33. The van der Waals surface area contributed by atoms with Crippen molar-refractivity contribution in [3.63, 3.8) is 0 Å². The quantitative estimate of drug-likeness (QED) is 0.660. The van der Waals surface area contributed by atoms with E-state index in [1.807, 2.05) is 0 Å². The van der Waals surface area contributed by atoms with E-state index >= 15 is 0 Å². The van der Waals surface area contributed by atoms with Gasteiger partial charge >= 0.3 is 0 Å². The number of aliphatic hydroxyl groups excluding tert-OH is 1. The molecule has 0 aromatic carbocycles. The van der Waals surface area contributed by atoms with E-state index in [1.54, 1.807) is 0 Å². The molecule has 0 aromatic rings. The van der Waals surface area contributed by atoms with Crippen LogP contribution in [0.5, 0.6) is 0 Å². The maximum Gasteiger partial charge on any atom is 0.0611 e. The Morgan fingerprint density at radius 2 is 2.00 bits per heavy atom. The summed E-state index contributed by atoms with van der Waals surface area (Å²) in [4.78, 5) is 4.97. The number of rotatable bonds is 9. The van der Waals surface area contributed by atoms with Crippen molar-refractivity contribution >= 4 is 0 Å². The van der Waals surface area contributed by atoms with Gasteiger partial charge in [-0.3, -0.25) is 0 Å². The van der Waals surface area contributed by atoms with E-state index in [-0.39, 0.29) is 12.1 Å². The largest absolute Gasteiger partial charge is 0.394 e. The molecule has 19 heavy (non-hydrogen) atoms. The van der Waals surface area contributed by atoms with E-state index in [2.05, 4.69) is 42.9 Å². The van der Waals surface area contributed by atoms with E-state index in [4.69, 9.17) is 0 Å². The number of hydrogen-bond donors (Lipinski definition) is 2. The Bertz CT molecular complexity index is 244. The molecule has 1 rings (SSSR count). The lowest BCUT2D eigenvalue weighted by Gasteiger charge is -2.35. The van der Waals surface area contributed by atoms with Gasteiger partial charge in [-0.25, -0.2) is 0 Å². The Labute approximate surface area is 119 Å². The average molecular weight is 271 g/mol. The van der Waals surface area contributed by atoms with Crippen molar-refractivity contribution in [2.75, 3.05) is 46.4 Å². The summed E-state index contributed by atoms with van der Waals surface area (Å²) < 4.78 is 0. The number of nitrogens with zero attached hydrogens (tertiary/aromatic N) is 2. The number of likely N-dealkylation sites (N-methyl/N-ethyl adjacent to an activating group) is 2. The summed E-state index contributed by atoms with van der Waals surface area (Å²) in [6, 6.07) is 0.485. The summed E-state index contributed by atoms with van der Waals surface area (Å²) in [5.41, 5.74) is -0.157. The van der Waals surface area contributed by atoms with E-state index in [0.29, 0.717) is 6.04 Å². The van der Waals surface area contributed by atoms with Crippen LogP contribution in [0, 0.1) is 0 Å². The molecule has 0 bridgehead atoms. The highest BCUT2D eigenvalue weighted by Crippen LogP contribution is 2.15. The molecule has 1 fully saturated rings. The first-order chi connectivity index (χ1) is 9.00. The van der Waals surface area contributed by atoms with E-state index in [9.17, 15) is 5.11 Å². The predicted molar refractivity (Wildman–Crippen MR) is 81.6 cm³/mol. The fraction of sp³-hybridized carbons (Fsp3) is 1.00. The Morgan fingerprint density at radius 3 is 2.53 bits per heavy atom. The molecule has 2 atom stereocenters. The van der Waals surface area contributed by atoms with E-state index < -0.39 is 0 Å². The lowest BCUT2D eigenvalue weighted by atomic mass is 9.94. The fourth-order valence-corrected chi connectivity index (χ4v) is 2.95. The highest BCUT2D eigenvalue weighted by molar-refractivity contribution is 4.86. The second-order valence-corrected chi connectivity index (χ2v) is 6.33. The molecule has 0 radical (unpaired) electrons. The van der Waals surface area contributed by atoms with Crippen LogP contribution in [0.1, 0.15) is 40.0 Å². The average Bonchev–Trinajstić information content (AvgIpc) is 2.89. The van der Waals surface area contributed by atoms with Crippen molar-refractivity contribution < 1.29 is 5.11 Å². The van der Waals surface area contributed by atoms with Crippen LogP contribution >= 0.6 is 0 Å². The highest BCUT2D eigenvalue weighted by atomic mass is 16.3. The standard InChI is InChI=1S/C15H33N3O/c1-5-16-15(3,13-19)12-14(2)17(4)10-11-18-8-6-7-9-18/h14,16,19H,5-13H2,1-4H3. The van der Waals surface area contributed by atoms with Crippen molar-refractivity contribution in [3.8, 4) is 0 Å². The number of nitrogens with one attached hydrogen (secondary N) is 1. The molecule has 1 aliphatic rings. The van der Waals surface area contributed by atoms with Gasteiger partial charge in [0.1, 0.15) is 0 Å². The van der Waals surface area contributed by atoms with Crippen molar-refractivity contribution in [2.45, 2.75) is 51.6 Å². The van der Waals surface area contributed by atoms with Crippen LogP contribution in [0.3, 0.4) is 0 Å². The monoisotopic (exact) mass is 271 g/mol. The minimum Gasteiger partial charge on any atom is -0.394 e. The Morgan fingerprint density at radius 1 is 1.37 bits per heavy atom. The van der Waals surface area contributed by atoms with E-state index in [1.165, 1.54) is 32.5 Å². The molecule has 0 aromatic heterocycles. The Hall–Kier alpha value is -0.160. The molecular weight excluding hydrogens is 238 g/mol. The van der Waals surface area contributed by atoms with Gasteiger partial charge in [0.15, 0.2) is 0 Å². The van der Waals surface area contributed by atoms with Crippen molar-refractivity contribution in [3.05, 3.63) is 0 Å². The van der Waals surface area contributed by atoms with Crippen LogP contribution in [0.15, 0.2) is 0 Å². The maximum atomic E-state index is 9.56. The SMILES string of the molecule is CCNC(C)(CO)CC(C)N(C)CCN1CCCC1. The molecular formula is C15H33N3O. The highest BCUT2D eigenvalue weighted by Gasteiger charge is 2.26. The maximum absolute atomic E-state index is 9.56. The lowest BCUT2D eigenvalue weighted by Crippen LogP contribution is -2.50. The molecule has 0 aliphatic carbocycles. The van der Waals surface area contributed by atoms with Crippen LogP contribution in [-0.4, -0.2) is 72.9 Å². The summed E-state index contributed by atoms with van der Waals surface area (Å²) >= 11 is 0. The number of likely N-dealkylation sites (tertiary alicyclic amines) is 1. The molecule has 1 aliphatic heterocycles. The zero-order valence-electron chi connectivity index (χ0n) is 13.3. The van der Waals surface area contributed by atoms with Crippen LogP contribution in [0.25, 0.3) is 0 Å². The summed E-state index contributed by atoms with van der Waals surface area (Å²) in [6.07, 6.45) is 3.71. The summed E-state index contributed by atoms with van der Waals surface area (Å²) in [7, 11) is 2.20. The molecule has 0 amide bonds. The first-order valence-corrected chi connectivity index (χ1v) is 7.79. The lowest BCUT2D eigenvalue weighted by molar-refractivity contribution is 0.123. The molecule has 2 N–H and O–H groups in total. The molecule has 0 spiro atoms. The molecule has 1 saturated heterocycles. The normalized spacial score (nSPS) is 21.8. The fourth-order valence-electron chi connectivity index (χ4n) is 2.95. The first-order valence-electron chi connectivity index (χ1n) is 7.79. The third kappa shape index (κ3) is 5.78. The van der Waals surface area contributed by atoms with Crippen LogP contribution in [0.2, 0.25) is 0 Å². The number of aliphatic hydroxyl groups is 1. The first kappa shape index (κ1) is 16.9. The van der Waals surface area contributed by atoms with Crippen molar-refractivity contribution in [1.29, 1.82) is 0 Å². The molecule has 1 heterocycles. The van der Waals surface area contributed by atoms with Gasteiger partial charge in [0.2, 0.25) is 0 Å². The Kier molecular flexibility index (Phi) is 7.29. The van der Waals surface area contributed by atoms with Gasteiger partial charge in [0, 0.05) is 24.7 Å². The molecule has 0 saturated carbocycles. The van der Waals surface area contributed by atoms with Gasteiger partial charge in [-0.15, -0.1) is 0 Å². The van der Waals surface area contributed by atoms with Gasteiger partial charge in [-0.2, -0.15) is 0 Å². The van der Waals surface area contributed by atoms with Crippen LogP contribution in [-0.2, 0) is 0 Å². The van der Waals surface area contributed by atoms with Crippen molar-refractivity contribution in [2.24, 2.45) is 0 Å². The Balaban J connectivity index is 2.31. The predicted octanol–water partition coefficient (Wildman–Crippen LogP) is 1.15. The van der Waals surface area contributed by atoms with Crippen LogP contribution in [0.4, 0.5) is 0 Å². The van der Waals surface area contributed by atoms with Gasteiger partial charge in [0.25, 0.3) is 0 Å². The van der Waals surface area contributed by atoms with Gasteiger partial charge < -0.3 is 20.2 Å². The van der Waals surface area contributed by atoms with Crippen LogP contribution < -0.4 is 5.32 Å². The van der Waals surface area contributed by atoms with Gasteiger partial charge in [-0.1, -0.05) is 6.92 Å². The zero-order chi connectivity index (χ0) is 14.3. The zero-order valence-corrected chi connectivity index (χ0v) is 13.3. The smallest absolute Gasteiger partial charge is 0.0611 e. The number of hydrogen-bond acceptors (Lipinski definition) is 4. The second kappa shape index (κ2) is 8.20. The molecule has 4 heteroatoms.